The van der Waals surface area contributed by atoms with Gasteiger partial charge in [-0.25, -0.2) is 4.39 Å². The number of rotatable bonds is 5. The number of carbonyl (C=O) groups excluding carboxylic acids is 1. The molecule has 1 N–H and O–H groups in total. The molecule has 0 saturated carbocycles. The van der Waals surface area contributed by atoms with Crippen molar-refractivity contribution in [3.63, 3.8) is 0 Å². The number of methoxy groups -OCH3 is 1. The maximum atomic E-state index is 13.8. The molecule has 0 radical (unpaired) electrons. The van der Waals surface area contributed by atoms with E-state index in [1.807, 2.05) is 30.3 Å². The Kier molecular flexibility index (Phi) is 4.96. The van der Waals surface area contributed by atoms with Gasteiger partial charge in [-0.2, -0.15) is 0 Å². The van der Waals surface area contributed by atoms with Gasteiger partial charge in [0.15, 0.2) is 0 Å². The molecule has 28 heavy (non-hydrogen) atoms. The molecular weight excluding hydrogens is 377 g/mol. The summed E-state index contributed by atoms with van der Waals surface area (Å²) < 4.78 is 25.2. The van der Waals surface area contributed by atoms with Gasteiger partial charge in [-0.05, 0) is 31.2 Å². The quantitative estimate of drug-likeness (QED) is 0.431. The maximum Gasteiger partial charge on any atom is 0.237 e. The summed E-state index contributed by atoms with van der Waals surface area (Å²) in [7, 11) is 1.55. The van der Waals surface area contributed by atoms with Crippen LogP contribution in [0, 0.1) is 5.82 Å². The van der Waals surface area contributed by atoms with Crippen molar-refractivity contribution in [2.24, 2.45) is 0 Å². The molecule has 6 heteroatoms. The highest BCUT2D eigenvalue weighted by Gasteiger charge is 2.19. The first kappa shape index (κ1) is 18.4. The number of para-hydroxylation sites is 1. The van der Waals surface area contributed by atoms with E-state index in [1.165, 1.54) is 17.8 Å². The predicted molar refractivity (Wildman–Crippen MR) is 111 cm³/mol. The third-order valence-electron chi connectivity index (χ3n) is 4.47. The van der Waals surface area contributed by atoms with Gasteiger partial charge in [0.1, 0.15) is 22.7 Å². The second-order valence-electron chi connectivity index (χ2n) is 6.33. The standard InChI is InChI=1S/C22H18FNO3S/c1-13(28-21-10-6-4-8-16(21)23)22(25)24-17-12-19-15(11-20(17)26-2)14-7-3-5-9-18(14)27-19/h3-13H,1-2H3,(H,24,25)/t13-/m1/s1. The molecule has 0 fully saturated rings. The molecule has 4 aromatic rings. The molecule has 4 rings (SSSR count). The van der Waals surface area contributed by atoms with E-state index in [9.17, 15) is 9.18 Å². The molecule has 0 aliphatic heterocycles. The lowest BCUT2D eigenvalue weighted by Crippen LogP contribution is -2.22. The van der Waals surface area contributed by atoms with Crippen molar-refractivity contribution >= 4 is 45.3 Å². The van der Waals surface area contributed by atoms with Crippen molar-refractivity contribution < 1.29 is 18.3 Å². The largest absolute Gasteiger partial charge is 0.495 e. The van der Waals surface area contributed by atoms with Crippen LogP contribution in [0.15, 0.2) is 70.0 Å². The number of amides is 1. The van der Waals surface area contributed by atoms with Crippen LogP contribution in [0.5, 0.6) is 5.75 Å². The summed E-state index contributed by atoms with van der Waals surface area (Å²) in [5.74, 6) is -0.0501. The van der Waals surface area contributed by atoms with E-state index in [-0.39, 0.29) is 11.7 Å². The highest BCUT2D eigenvalue weighted by Crippen LogP contribution is 2.37. The average molecular weight is 395 g/mol. The van der Waals surface area contributed by atoms with Crippen molar-refractivity contribution in [2.75, 3.05) is 12.4 Å². The van der Waals surface area contributed by atoms with Crippen molar-refractivity contribution in [1.29, 1.82) is 0 Å². The van der Waals surface area contributed by atoms with Gasteiger partial charge in [0.25, 0.3) is 0 Å². The molecule has 4 nitrogen and oxygen atoms in total. The summed E-state index contributed by atoms with van der Waals surface area (Å²) in [6.45, 7) is 1.73. The van der Waals surface area contributed by atoms with Crippen LogP contribution in [0.25, 0.3) is 21.9 Å². The number of carbonyl (C=O) groups is 1. The van der Waals surface area contributed by atoms with Gasteiger partial charge in [0.05, 0.1) is 18.0 Å². The SMILES string of the molecule is COc1cc2c(cc1NC(=O)[C@@H](C)Sc1ccccc1F)oc1ccccc12. The van der Waals surface area contributed by atoms with Crippen LogP contribution in [0.1, 0.15) is 6.92 Å². The zero-order valence-corrected chi connectivity index (χ0v) is 16.2. The third kappa shape index (κ3) is 3.43. The molecule has 0 unspecified atom stereocenters. The molecule has 0 aliphatic rings. The van der Waals surface area contributed by atoms with E-state index in [2.05, 4.69) is 5.32 Å². The number of furan rings is 1. The van der Waals surface area contributed by atoms with Crippen LogP contribution in [0.2, 0.25) is 0 Å². The number of thioether (sulfide) groups is 1. The fourth-order valence-electron chi connectivity index (χ4n) is 3.04. The molecule has 0 aliphatic carbocycles. The summed E-state index contributed by atoms with van der Waals surface area (Å²) in [5, 5.41) is 4.28. The summed E-state index contributed by atoms with van der Waals surface area (Å²) in [6, 6.07) is 17.7. The minimum absolute atomic E-state index is 0.248. The lowest BCUT2D eigenvalue weighted by molar-refractivity contribution is -0.115. The number of hydrogen-bond donors (Lipinski definition) is 1. The highest BCUT2D eigenvalue weighted by molar-refractivity contribution is 8.00. The Bertz CT molecular complexity index is 1170. The zero-order chi connectivity index (χ0) is 19.7. The average Bonchev–Trinajstić information content (AvgIpc) is 3.06. The summed E-state index contributed by atoms with van der Waals surface area (Å²) >= 11 is 1.17. The van der Waals surface area contributed by atoms with E-state index < -0.39 is 5.25 Å². The van der Waals surface area contributed by atoms with E-state index in [1.54, 1.807) is 38.3 Å². The van der Waals surface area contributed by atoms with Crippen molar-refractivity contribution in [2.45, 2.75) is 17.1 Å². The molecule has 3 aromatic carbocycles. The third-order valence-corrected chi connectivity index (χ3v) is 5.62. The van der Waals surface area contributed by atoms with Crippen molar-refractivity contribution in [3.8, 4) is 5.75 Å². The zero-order valence-electron chi connectivity index (χ0n) is 15.4. The van der Waals surface area contributed by atoms with E-state index in [4.69, 9.17) is 9.15 Å². The van der Waals surface area contributed by atoms with Gasteiger partial charge in [-0.1, -0.05) is 30.3 Å². The minimum Gasteiger partial charge on any atom is -0.495 e. The second-order valence-corrected chi connectivity index (χ2v) is 7.71. The van der Waals surface area contributed by atoms with Gasteiger partial charge < -0.3 is 14.5 Å². The summed E-state index contributed by atoms with van der Waals surface area (Å²) in [5.41, 5.74) is 1.94. The number of nitrogens with one attached hydrogen (secondary N) is 1. The first-order chi connectivity index (χ1) is 13.6. The highest BCUT2D eigenvalue weighted by atomic mass is 32.2. The fraction of sp³-hybridized carbons (Fsp3) is 0.136. The van der Waals surface area contributed by atoms with E-state index >= 15 is 0 Å². The minimum atomic E-state index is -0.493. The monoisotopic (exact) mass is 395 g/mol. The van der Waals surface area contributed by atoms with Gasteiger partial charge in [0, 0.05) is 21.7 Å². The van der Waals surface area contributed by atoms with Gasteiger partial charge >= 0.3 is 0 Å². The Labute approximate surface area is 165 Å². The van der Waals surface area contributed by atoms with Crippen LogP contribution in [-0.2, 0) is 4.79 Å². The van der Waals surface area contributed by atoms with Gasteiger partial charge in [-0.3, -0.25) is 4.79 Å². The Balaban J connectivity index is 1.62. The topological polar surface area (TPSA) is 51.5 Å². The number of anilines is 1. The molecule has 1 atom stereocenters. The predicted octanol–water partition coefficient (Wildman–Crippen LogP) is 5.85. The molecule has 1 amide bonds. The van der Waals surface area contributed by atoms with Crippen LogP contribution in [-0.4, -0.2) is 18.3 Å². The smallest absolute Gasteiger partial charge is 0.237 e. The van der Waals surface area contributed by atoms with Crippen LogP contribution in [0.4, 0.5) is 10.1 Å². The van der Waals surface area contributed by atoms with Crippen molar-refractivity contribution in [3.05, 3.63) is 66.5 Å². The number of benzene rings is 3. The Morgan fingerprint density at radius 2 is 1.82 bits per heavy atom. The number of ether oxygens (including phenoxy) is 1. The second kappa shape index (κ2) is 7.56. The molecular formula is C22H18FNO3S. The summed E-state index contributed by atoms with van der Waals surface area (Å²) in [6.07, 6.45) is 0. The van der Waals surface area contributed by atoms with Gasteiger partial charge in [0.2, 0.25) is 5.91 Å². The molecule has 0 saturated heterocycles. The number of halogens is 1. The van der Waals surface area contributed by atoms with Crippen LogP contribution in [0.3, 0.4) is 0 Å². The molecule has 142 valence electrons. The molecule has 1 aromatic heterocycles. The van der Waals surface area contributed by atoms with E-state index in [0.717, 1.165) is 16.4 Å². The number of fused-ring (bicyclic) bond motifs is 3. The van der Waals surface area contributed by atoms with Crippen LogP contribution >= 0.6 is 11.8 Å². The lowest BCUT2D eigenvalue weighted by Gasteiger charge is -2.14. The lowest BCUT2D eigenvalue weighted by atomic mass is 10.1. The van der Waals surface area contributed by atoms with E-state index in [0.29, 0.717) is 21.9 Å². The fourth-order valence-corrected chi connectivity index (χ4v) is 3.92. The normalized spacial score (nSPS) is 12.2. The Hall–Kier alpha value is -2.99. The van der Waals surface area contributed by atoms with Crippen LogP contribution < -0.4 is 10.1 Å². The Morgan fingerprint density at radius 3 is 2.61 bits per heavy atom. The molecule has 0 bridgehead atoms. The first-order valence-corrected chi connectivity index (χ1v) is 9.66. The Morgan fingerprint density at radius 1 is 1.07 bits per heavy atom. The summed E-state index contributed by atoms with van der Waals surface area (Å²) in [4.78, 5) is 13.1. The van der Waals surface area contributed by atoms with Crippen molar-refractivity contribution in [1.82, 2.24) is 0 Å². The maximum absolute atomic E-state index is 13.8. The number of hydrogen-bond acceptors (Lipinski definition) is 4. The molecule has 1 heterocycles. The van der Waals surface area contributed by atoms with Gasteiger partial charge in [-0.15, -0.1) is 11.8 Å². The molecule has 0 spiro atoms. The first-order valence-electron chi connectivity index (χ1n) is 8.78.